The maximum Gasteiger partial charge on any atom is 1.00 e. The zero-order chi connectivity index (χ0) is 63.9. The standard InChI is InChI=1S/2C20H27N5O3S.C13H17NO2.C7H12N4O2S.Na/c1-4-13-9-12(2)18-16(10-13)14(5-7-22-18)20(26)25-17-11-24(29(3,27)28)8-6-15(17)19(21)23-25;1-4-13-9-12(2)18-16(10-13)14(5-7-22-18)20(26)25-19(21)15-6-8-24(29(3,27)28)11-17(15)23-25;1-3-9-6-8(2)12-11(7-9)10(13(15)16)4-5-14-12;1-14(12,13)11-3-2-5-6(4-11)9-10-7(5)8;/h9-10,14,22H,4-8,11H2,1-3H3,(H2,21,23);9-10,14,22H,4-8,11,21H2,1-3H3;6-7,10,14H,3-5H2,1-2H3,(H,15,16);2-4H2,1H3,(H3,8,9,10);/q;;;;+1/p-1. The van der Waals surface area contributed by atoms with Gasteiger partial charge in [-0.3, -0.25) is 14.7 Å². The van der Waals surface area contributed by atoms with Gasteiger partial charge in [-0.05, 0) is 129 Å². The monoisotopic (exact) mass is 1290 g/mol. The molecular weight excluding hydrogens is 1210 g/mol. The van der Waals surface area contributed by atoms with Gasteiger partial charge < -0.3 is 43.1 Å². The van der Waals surface area contributed by atoms with Gasteiger partial charge in [0.25, 0.3) is 11.8 Å². The van der Waals surface area contributed by atoms with Crippen molar-refractivity contribution in [3.8, 4) is 0 Å². The van der Waals surface area contributed by atoms with E-state index in [4.69, 9.17) is 17.2 Å². The molecule has 3 atom stereocenters. The number of carbonyl (C=O) groups is 3. The van der Waals surface area contributed by atoms with Crippen LogP contribution in [-0.4, -0.2) is 144 Å². The Morgan fingerprint density at radius 2 is 0.955 bits per heavy atom. The fraction of sp³-hybridized carbons (Fsp3) is 0.500. The van der Waals surface area contributed by atoms with Gasteiger partial charge >= 0.3 is 29.6 Å². The quantitative estimate of drug-likeness (QED) is 0.100. The predicted octanol–water partition coefficient (Wildman–Crippen LogP) is 1.31. The summed E-state index contributed by atoms with van der Waals surface area (Å²) in [6.45, 7) is 16.3. The molecule has 10 N–H and O–H groups in total. The summed E-state index contributed by atoms with van der Waals surface area (Å²) in [5.41, 5.74) is 35.3. The van der Waals surface area contributed by atoms with Gasteiger partial charge in [0.15, 0.2) is 0 Å². The molecule has 0 aliphatic carbocycles. The number of aliphatic carboxylic acids is 1. The summed E-state index contributed by atoms with van der Waals surface area (Å²) < 4.78 is 77.2. The summed E-state index contributed by atoms with van der Waals surface area (Å²) in [7, 11) is -9.79. The number of aromatic amines is 1. The van der Waals surface area contributed by atoms with Crippen LogP contribution in [0.4, 0.5) is 34.5 Å². The maximum atomic E-state index is 13.6. The van der Waals surface area contributed by atoms with E-state index in [9.17, 15) is 44.7 Å². The molecule has 476 valence electrons. The van der Waals surface area contributed by atoms with Gasteiger partial charge in [-0.15, -0.1) is 5.10 Å². The summed E-state index contributed by atoms with van der Waals surface area (Å²) >= 11 is 0. The number of rotatable bonds is 9. The number of hydrogen-bond donors (Lipinski definition) is 7. The minimum absolute atomic E-state index is 0. The van der Waals surface area contributed by atoms with Crippen LogP contribution in [0.5, 0.6) is 0 Å². The summed E-state index contributed by atoms with van der Waals surface area (Å²) in [4.78, 5) is 38.1. The average Bonchev–Trinajstić information content (AvgIpc) is 1.81. The number of carbonyl (C=O) groups excluding carboxylic acids is 3. The van der Waals surface area contributed by atoms with Crippen LogP contribution in [0.1, 0.15) is 151 Å². The smallest absolute Gasteiger partial charge is 0.549 e. The molecule has 0 saturated heterocycles. The van der Waals surface area contributed by atoms with Gasteiger partial charge in [-0.2, -0.15) is 27.8 Å². The van der Waals surface area contributed by atoms with E-state index in [0.717, 1.165) is 92.1 Å². The van der Waals surface area contributed by atoms with E-state index in [2.05, 4.69) is 101 Å². The van der Waals surface area contributed by atoms with Gasteiger partial charge in [0.2, 0.25) is 30.1 Å². The van der Waals surface area contributed by atoms with E-state index >= 15 is 0 Å². The van der Waals surface area contributed by atoms with E-state index in [1.807, 2.05) is 13.0 Å². The number of benzene rings is 3. The van der Waals surface area contributed by atoms with Crippen molar-refractivity contribution in [2.75, 3.05) is 91.2 Å². The number of carboxylic acid groups (broad SMARTS) is 1. The molecule has 29 heteroatoms. The second-order valence-electron chi connectivity index (χ2n) is 23.5. The SMILES string of the molecule is CCc1cc(C)c2c(c1)C(C(=O)[O-])CCN2.CCc1cc(C)c2c(c1)C(C(=O)n1nc(N)c3c1CN(S(C)(=O)=O)CC3)CCN2.CCc1cc(C)c2c(c1)C(C(=O)n1nc3c(c1N)CCN(S(C)(=O)=O)C3)CCN2.CS(=O)(=O)N1CCc2c(N)n[nH]c2C1.[Na+]. The van der Waals surface area contributed by atoms with Crippen LogP contribution in [-0.2, 0) is 93.0 Å². The second-order valence-corrected chi connectivity index (χ2v) is 29.5. The number of H-pyrrole nitrogens is 1. The van der Waals surface area contributed by atoms with Crippen LogP contribution in [0.25, 0.3) is 0 Å². The molecule has 12 rings (SSSR count). The van der Waals surface area contributed by atoms with Gasteiger partial charge in [-0.25, -0.2) is 29.9 Å². The number of fused-ring (bicyclic) bond motifs is 6. The number of nitrogens with two attached hydrogens (primary N) is 3. The maximum absolute atomic E-state index is 13.6. The second kappa shape index (κ2) is 27.6. The van der Waals surface area contributed by atoms with Crippen molar-refractivity contribution < 1.29 is 74.3 Å². The Morgan fingerprint density at radius 3 is 1.40 bits per heavy atom. The van der Waals surface area contributed by atoms with Gasteiger partial charge in [0.1, 0.15) is 17.5 Å². The molecule has 89 heavy (non-hydrogen) atoms. The molecule has 3 aromatic carbocycles. The summed E-state index contributed by atoms with van der Waals surface area (Å²) in [5.74, 6) is -1.26. The van der Waals surface area contributed by atoms with E-state index in [1.165, 1.54) is 57.7 Å². The molecule has 0 spiro atoms. The van der Waals surface area contributed by atoms with Crippen molar-refractivity contribution in [2.45, 2.75) is 137 Å². The van der Waals surface area contributed by atoms with Gasteiger partial charge in [0.05, 0.1) is 67.3 Å². The molecule has 0 amide bonds. The first-order valence-corrected chi connectivity index (χ1v) is 35.4. The Bertz CT molecular complexity index is 4050. The van der Waals surface area contributed by atoms with Gasteiger partial charge in [-0.1, -0.05) is 57.2 Å². The zero-order valence-corrected chi connectivity index (χ0v) is 57.0. The fourth-order valence-electron chi connectivity index (χ4n) is 12.7. The Labute approximate surface area is 543 Å². The number of aromatic nitrogens is 6. The first kappa shape index (κ1) is 68.5. The third-order valence-electron chi connectivity index (χ3n) is 17.6. The average molecular weight is 1290 g/mol. The number of anilines is 6. The Kier molecular flexibility index (Phi) is 21.3. The Balaban J connectivity index is 0.000000160. The normalized spacial score (nSPS) is 18.8. The Morgan fingerprint density at radius 1 is 0.551 bits per heavy atom. The number of aryl methyl sites for hydroxylation is 6. The van der Waals surface area contributed by atoms with Crippen LogP contribution >= 0.6 is 0 Å². The molecule has 3 aromatic heterocycles. The first-order chi connectivity index (χ1) is 41.5. The molecular formula is C60H82N15NaO10S3. The van der Waals surface area contributed by atoms with Crippen LogP contribution in [0.2, 0.25) is 0 Å². The van der Waals surface area contributed by atoms with E-state index in [-0.39, 0.29) is 66.3 Å². The molecule has 9 heterocycles. The molecule has 6 aromatic rings. The number of sulfonamides is 3. The third-order valence-corrected chi connectivity index (χ3v) is 21.3. The third kappa shape index (κ3) is 14.7. The van der Waals surface area contributed by atoms with Crippen molar-refractivity contribution in [2.24, 2.45) is 0 Å². The molecule has 0 radical (unpaired) electrons. The fourth-order valence-corrected chi connectivity index (χ4v) is 15.1. The molecule has 0 saturated carbocycles. The number of hydrogen-bond acceptors (Lipinski definition) is 19. The van der Waals surface area contributed by atoms with Crippen molar-refractivity contribution in [3.63, 3.8) is 0 Å². The number of nitrogen functional groups attached to an aromatic ring is 3. The van der Waals surface area contributed by atoms with Crippen molar-refractivity contribution in [1.29, 1.82) is 0 Å². The minimum Gasteiger partial charge on any atom is -0.549 e. The van der Waals surface area contributed by atoms with Crippen LogP contribution in [0, 0.1) is 20.8 Å². The summed E-state index contributed by atoms with van der Waals surface area (Å²) in [6, 6.07) is 12.6. The largest absolute Gasteiger partial charge is 1.00 e. The van der Waals surface area contributed by atoms with Gasteiger partial charge in [0, 0.05) is 84.9 Å². The molecule has 6 aliphatic heterocycles. The van der Waals surface area contributed by atoms with E-state index in [0.29, 0.717) is 113 Å². The van der Waals surface area contributed by atoms with E-state index in [1.54, 1.807) is 0 Å². The number of nitrogens with one attached hydrogen (secondary N) is 4. The summed E-state index contributed by atoms with van der Waals surface area (Å²) in [5, 5.41) is 36.6. The van der Waals surface area contributed by atoms with Crippen LogP contribution < -0.4 is 67.8 Å². The number of carboxylic acids is 1. The topological polar surface area (TPSA) is 365 Å². The number of nitrogens with zero attached hydrogens (tertiary/aromatic N) is 8. The molecule has 0 bridgehead atoms. The van der Waals surface area contributed by atoms with E-state index < -0.39 is 42.0 Å². The summed E-state index contributed by atoms with van der Waals surface area (Å²) in [6.07, 6.45) is 9.77. The Hall–Kier alpha value is -6.37. The van der Waals surface area contributed by atoms with Crippen molar-refractivity contribution in [3.05, 3.63) is 120 Å². The molecule has 25 nitrogen and oxygen atoms in total. The van der Waals surface area contributed by atoms with Crippen molar-refractivity contribution in [1.82, 2.24) is 42.7 Å². The first-order valence-electron chi connectivity index (χ1n) is 29.8. The minimum atomic E-state index is -3.36. The molecule has 0 fully saturated rings. The predicted molar refractivity (Wildman–Crippen MR) is 339 cm³/mol. The zero-order valence-electron chi connectivity index (χ0n) is 52.5. The molecule has 3 unspecified atom stereocenters. The molecule has 6 aliphatic rings. The van der Waals surface area contributed by atoms with Crippen LogP contribution in [0.3, 0.4) is 0 Å². The van der Waals surface area contributed by atoms with Crippen LogP contribution in [0.15, 0.2) is 36.4 Å². The van der Waals surface area contributed by atoms with Crippen molar-refractivity contribution >= 4 is 82.4 Å².